The summed E-state index contributed by atoms with van der Waals surface area (Å²) in [5.74, 6) is -3.20. The molecule has 1 fully saturated rings. The molecule has 2 N–H and O–H groups in total. The van der Waals surface area contributed by atoms with E-state index in [1.165, 1.54) is 13.2 Å². The number of hydrogen-bond acceptors (Lipinski definition) is 5. The molecule has 2 rings (SSSR count). The fourth-order valence-electron chi connectivity index (χ4n) is 3.31. The minimum absolute atomic E-state index is 0.0939. The van der Waals surface area contributed by atoms with E-state index in [-0.39, 0.29) is 30.7 Å². The number of nitrogens with zero attached hydrogens (tertiary/aromatic N) is 2. The summed E-state index contributed by atoms with van der Waals surface area (Å²) in [5.41, 5.74) is 0.484. The van der Waals surface area contributed by atoms with Gasteiger partial charge >= 0.3 is 6.03 Å². The number of benzene rings is 1. The lowest BCUT2D eigenvalue weighted by molar-refractivity contribution is -0.135. The third-order valence-corrected chi connectivity index (χ3v) is 5.03. The van der Waals surface area contributed by atoms with E-state index in [9.17, 15) is 23.2 Å². The van der Waals surface area contributed by atoms with Gasteiger partial charge in [0.25, 0.3) is 0 Å². The molecule has 0 bridgehead atoms. The maximum atomic E-state index is 13.9. The quantitative estimate of drug-likeness (QED) is 0.725. The lowest BCUT2D eigenvalue weighted by Crippen LogP contribution is -2.55. The molecular weight excluding hydrogens is 398 g/mol. The van der Waals surface area contributed by atoms with Gasteiger partial charge < -0.3 is 19.9 Å². The van der Waals surface area contributed by atoms with Crippen molar-refractivity contribution in [2.45, 2.75) is 33.2 Å². The van der Waals surface area contributed by atoms with Crippen molar-refractivity contribution in [1.82, 2.24) is 15.5 Å². The van der Waals surface area contributed by atoms with Crippen LogP contribution >= 0.6 is 0 Å². The molecule has 10 heteroatoms. The number of ether oxygens (including phenoxy) is 1. The Bertz CT molecular complexity index is 805. The summed E-state index contributed by atoms with van der Waals surface area (Å²) in [7, 11) is 1.27. The minimum Gasteiger partial charge on any atom is -0.493 e. The van der Waals surface area contributed by atoms with Gasteiger partial charge in [-0.05, 0) is 6.92 Å². The van der Waals surface area contributed by atoms with E-state index in [4.69, 9.17) is 4.74 Å². The Labute approximate surface area is 174 Å². The molecule has 0 radical (unpaired) electrons. The second-order valence-electron chi connectivity index (χ2n) is 7.28. The Morgan fingerprint density at radius 1 is 1.27 bits per heavy atom. The van der Waals surface area contributed by atoms with Crippen LogP contribution in [0.1, 0.15) is 27.2 Å². The van der Waals surface area contributed by atoms with Crippen LogP contribution < -0.4 is 20.3 Å². The van der Waals surface area contributed by atoms with E-state index in [1.807, 2.05) is 11.8 Å². The molecule has 1 aliphatic heterocycles. The third kappa shape index (κ3) is 5.58. The van der Waals surface area contributed by atoms with Gasteiger partial charge in [-0.3, -0.25) is 14.9 Å². The third-order valence-electron chi connectivity index (χ3n) is 5.03. The Kier molecular flexibility index (Phi) is 7.96. The minimum atomic E-state index is -1.03. The van der Waals surface area contributed by atoms with Gasteiger partial charge in [0.05, 0.1) is 13.0 Å². The van der Waals surface area contributed by atoms with E-state index < -0.39 is 29.5 Å². The summed E-state index contributed by atoms with van der Waals surface area (Å²) in [6.07, 6.45) is 0.188. The van der Waals surface area contributed by atoms with E-state index >= 15 is 0 Å². The van der Waals surface area contributed by atoms with Crippen molar-refractivity contribution >= 4 is 23.5 Å². The predicted molar refractivity (Wildman–Crippen MR) is 107 cm³/mol. The zero-order chi connectivity index (χ0) is 22.4. The lowest BCUT2D eigenvalue weighted by Gasteiger charge is -2.42. The zero-order valence-corrected chi connectivity index (χ0v) is 17.6. The first kappa shape index (κ1) is 23.4. The molecular formula is C20H28F2N4O4. The van der Waals surface area contributed by atoms with Crippen molar-refractivity contribution in [3.63, 3.8) is 0 Å². The maximum Gasteiger partial charge on any atom is 0.321 e. The van der Waals surface area contributed by atoms with Crippen LogP contribution in [-0.4, -0.2) is 62.1 Å². The monoisotopic (exact) mass is 426 g/mol. The highest BCUT2D eigenvalue weighted by Gasteiger charge is 2.30. The summed E-state index contributed by atoms with van der Waals surface area (Å²) < 4.78 is 32.5. The lowest BCUT2D eigenvalue weighted by atomic mass is 10.1. The molecule has 30 heavy (non-hydrogen) atoms. The zero-order valence-electron chi connectivity index (χ0n) is 17.6. The molecule has 1 saturated heterocycles. The topological polar surface area (TPSA) is 91.0 Å². The smallest absolute Gasteiger partial charge is 0.321 e. The number of imide groups is 1. The molecule has 1 aromatic rings. The molecule has 0 aliphatic carbocycles. The van der Waals surface area contributed by atoms with Crippen molar-refractivity contribution in [1.29, 1.82) is 0 Å². The largest absolute Gasteiger partial charge is 0.493 e. The highest BCUT2D eigenvalue weighted by atomic mass is 19.2. The first-order valence-corrected chi connectivity index (χ1v) is 9.84. The molecule has 1 heterocycles. The van der Waals surface area contributed by atoms with E-state index in [0.717, 1.165) is 6.07 Å². The Morgan fingerprint density at radius 3 is 2.57 bits per heavy atom. The Hall–Kier alpha value is -2.91. The highest BCUT2D eigenvalue weighted by molar-refractivity contribution is 5.94. The van der Waals surface area contributed by atoms with Crippen LogP contribution in [0.3, 0.4) is 0 Å². The number of carbonyl (C=O) groups excluding carboxylic acids is 3. The molecule has 2 atom stereocenters. The fraction of sp³-hybridized carbons (Fsp3) is 0.550. The Balaban J connectivity index is 1.94. The van der Waals surface area contributed by atoms with Crippen molar-refractivity contribution < 1.29 is 27.9 Å². The summed E-state index contributed by atoms with van der Waals surface area (Å²) in [6.45, 7) is 6.54. The van der Waals surface area contributed by atoms with Crippen LogP contribution in [0.15, 0.2) is 12.1 Å². The van der Waals surface area contributed by atoms with Crippen molar-refractivity contribution in [2.24, 2.45) is 5.92 Å². The summed E-state index contributed by atoms with van der Waals surface area (Å²) in [6, 6.07) is 1.79. The van der Waals surface area contributed by atoms with Crippen molar-refractivity contribution in [3.8, 4) is 5.75 Å². The van der Waals surface area contributed by atoms with Crippen LogP contribution in [-0.2, 0) is 9.59 Å². The number of urea groups is 1. The summed E-state index contributed by atoms with van der Waals surface area (Å²) in [5, 5.41) is 4.68. The van der Waals surface area contributed by atoms with Crippen LogP contribution in [0.4, 0.5) is 19.3 Å². The second-order valence-corrected chi connectivity index (χ2v) is 7.28. The molecule has 0 spiro atoms. The van der Waals surface area contributed by atoms with Gasteiger partial charge in [-0.2, -0.15) is 4.39 Å². The summed E-state index contributed by atoms with van der Waals surface area (Å²) >= 11 is 0. The van der Waals surface area contributed by atoms with Crippen LogP contribution in [0, 0.1) is 17.6 Å². The number of carbonyl (C=O) groups is 3. The number of rotatable bonds is 6. The van der Waals surface area contributed by atoms with Crippen LogP contribution in [0.5, 0.6) is 5.75 Å². The van der Waals surface area contributed by atoms with Crippen molar-refractivity contribution in [3.05, 3.63) is 23.8 Å². The van der Waals surface area contributed by atoms with Gasteiger partial charge in [-0.1, -0.05) is 13.8 Å². The normalized spacial score (nSPS) is 17.3. The molecule has 4 amide bonds. The first-order chi connectivity index (χ1) is 14.2. The van der Waals surface area contributed by atoms with Crippen molar-refractivity contribution in [2.75, 3.05) is 38.2 Å². The number of anilines is 1. The predicted octanol–water partition coefficient (Wildman–Crippen LogP) is 1.88. The molecule has 1 aromatic carbocycles. The number of nitrogens with one attached hydrogen (secondary N) is 2. The maximum absolute atomic E-state index is 13.9. The van der Waals surface area contributed by atoms with E-state index in [0.29, 0.717) is 25.3 Å². The van der Waals surface area contributed by atoms with Gasteiger partial charge in [0, 0.05) is 56.5 Å². The highest BCUT2D eigenvalue weighted by Crippen LogP contribution is 2.29. The fourth-order valence-corrected chi connectivity index (χ4v) is 3.31. The average Bonchev–Trinajstić information content (AvgIpc) is 2.73. The molecule has 1 aliphatic rings. The van der Waals surface area contributed by atoms with E-state index in [2.05, 4.69) is 10.6 Å². The number of halogens is 2. The van der Waals surface area contributed by atoms with Crippen LogP contribution in [0.2, 0.25) is 0 Å². The Morgan fingerprint density at radius 2 is 1.97 bits per heavy atom. The number of piperazine rings is 1. The van der Waals surface area contributed by atoms with Gasteiger partial charge in [0.2, 0.25) is 17.6 Å². The molecule has 0 aromatic heterocycles. The van der Waals surface area contributed by atoms with E-state index in [1.54, 1.807) is 18.7 Å². The van der Waals surface area contributed by atoms with Gasteiger partial charge in [0.15, 0.2) is 11.6 Å². The van der Waals surface area contributed by atoms with Gasteiger partial charge in [-0.25, -0.2) is 9.18 Å². The molecule has 0 unspecified atom stereocenters. The average molecular weight is 426 g/mol. The molecule has 166 valence electrons. The number of methoxy groups -OCH3 is 1. The van der Waals surface area contributed by atoms with Gasteiger partial charge in [-0.15, -0.1) is 0 Å². The SMILES string of the molecule is CCC(=O)NC(=O)NC[C@H](C)C(=O)N1CCN(c2cc(F)c(F)c(OC)c2)[C@@H](C)C1. The summed E-state index contributed by atoms with van der Waals surface area (Å²) in [4.78, 5) is 39.1. The molecule has 8 nitrogen and oxygen atoms in total. The first-order valence-electron chi connectivity index (χ1n) is 9.84. The molecule has 0 saturated carbocycles. The second kappa shape index (κ2) is 10.2. The van der Waals surface area contributed by atoms with Gasteiger partial charge in [0.1, 0.15) is 0 Å². The standard InChI is InChI=1S/C20H28F2N4O4/c1-5-17(27)24-20(29)23-10-12(2)19(28)25-6-7-26(13(3)11-25)14-8-15(21)18(22)16(9-14)30-4/h8-9,12-13H,5-7,10-11H2,1-4H3,(H2,23,24,27,29)/t12-,13-/m0/s1. The number of amides is 4. The van der Waals surface area contributed by atoms with Crippen LogP contribution in [0.25, 0.3) is 0 Å². The number of hydrogen-bond donors (Lipinski definition) is 2.